The molecule has 1 aliphatic heterocycles. The van der Waals surface area contributed by atoms with Crippen molar-refractivity contribution in [1.82, 2.24) is 5.32 Å². The lowest BCUT2D eigenvalue weighted by atomic mass is 9.88. The Hall–Kier alpha value is -1.83. The van der Waals surface area contributed by atoms with Crippen molar-refractivity contribution >= 4 is 17.8 Å². The van der Waals surface area contributed by atoms with E-state index in [1.807, 2.05) is 0 Å². The summed E-state index contributed by atoms with van der Waals surface area (Å²) in [6, 6.07) is -1.27. The van der Waals surface area contributed by atoms with E-state index in [0.29, 0.717) is 0 Å². The summed E-state index contributed by atoms with van der Waals surface area (Å²) in [6.07, 6.45) is -7.37. The highest BCUT2D eigenvalue weighted by molar-refractivity contribution is 5.78. The summed E-state index contributed by atoms with van der Waals surface area (Å²) < 4.78 is 14.2. The molecular weight excluding hydrogens is 356 g/mol. The molecule has 0 aromatic heterocycles. The van der Waals surface area contributed by atoms with Gasteiger partial charge in [0.25, 0.3) is 5.79 Å². The monoisotopic (exact) mass is 380 g/mol. The van der Waals surface area contributed by atoms with Gasteiger partial charge >= 0.3 is 11.9 Å². The molecule has 0 bridgehead atoms. The summed E-state index contributed by atoms with van der Waals surface area (Å²) in [7, 11) is 0.975. The van der Waals surface area contributed by atoms with Crippen LogP contribution in [0.2, 0.25) is 0 Å². The Morgan fingerprint density at radius 3 is 2.50 bits per heavy atom. The maximum Gasteiger partial charge on any atom is 0.366 e. The summed E-state index contributed by atoms with van der Waals surface area (Å²) in [5, 5.41) is 43.0. The van der Waals surface area contributed by atoms with Crippen molar-refractivity contribution in [2.45, 2.75) is 49.6 Å². The first-order chi connectivity index (χ1) is 12.1. The maximum absolute atomic E-state index is 11.7. The molecule has 0 radical (unpaired) electrons. The standard InChI is InChI=1S/C14H24N2O10/c1-6(17)16-10-7(18)3-14(23,13(22)24-2)26-12(10)11(21)8(19)5-25-9(20)4-15/h7-8,10-12,18-19,21,23H,3-5,15H2,1-2H3,(H,16,17)/t7-,8+,10+,11+,12+,14?/m0/s1. The predicted octanol–water partition coefficient (Wildman–Crippen LogP) is -4.27. The number of esters is 2. The van der Waals surface area contributed by atoms with Crippen LogP contribution in [0.25, 0.3) is 0 Å². The third kappa shape index (κ3) is 5.33. The zero-order valence-corrected chi connectivity index (χ0v) is 14.3. The van der Waals surface area contributed by atoms with Crippen LogP contribution in [0.5, 0.6) is 0 Å². The lowest BCUT2D eigenvalue weighted by Gasteiger charge is -2.45. The second-order valence-corrected chi connectivity index (χ2v) is 5.80. The summed E-state index contributed by atoms with van der Waals surface area (Å²) in [5.74, 6) is -5.28. The van der Waals surface area contributed by atoms with E-state index >= 15 is 0 Å². The number of nitrogens with one attached hydrogen (secondary N) is 1. The number of carbonyl (C=O) groups is 3. The van der Waals surface area contributed by atoms with Crippen molar-refractivity contribution in [1.29, 1.82) is 0 Å². The SMILES string of the molecule is COC(=O)C1(O)C[C@H](O)[C@@H](NC(C)=O)[C@H]([C@H](O)[C@H](O)COC(=O)CN)O1. The minimum absolute atomic E-state index is 0.446. The van der Waals surface area contributed by atoms with Gasteiger partial charge < -0.3 is 45.7 Å². The number of methoxy groups -OCH3 is 1. The summed E-state index contributed by atoms with van der Waals surface area (Å²) >= 11 is 0. The zero-order valence-electron chi connectivity index (χ0n) is 14.3. The van der Waals surface area contributed by atoms with Gasteiger partial charge in [-0.15, -0.1) is 0 Å². The molecular formula is C14H24N2O10. The Kier molecular flexibility index (Phi) is 7.87. The highest BCUT2D eigenvalue weighted by Gasteiger charge is 2.54. The quantitative estimate of drug-likeness (QED) is 0.234. The molecule has 1 unspecified atom stereocenters. The molecule has 26 heavy (non-hydrogen) atoms. The molecule has 12 nitrogen and oxygen atoms in total. The predicted molar refractivity (Wildman–Crippen MR) is 82.1 cm³/mol. The molecule has 1 saturated heterocycles. The maximum atomic E-state index is 11.7. The third-order valence-corrected chi connectivity index (χ3v) is 3.77. The van der Waals surface area contributed by atoms with Crippen LogP contribution in [0.3, 0.4) is 0 Å². The Labute approximate surface area is 148 Å². The third-order valence-electron chi connectivity index (χ3n) is 3.77. The van der Waals surface area contributed by atoms with E-state index in [1.54, 1.807) is 0 Å². The van der Waals surface area contributed by atoms with Gasteiger partial charge in [0, 0.05) is 13.3 Å². The lowest BCUT2D eigenvalue weighted by Crippen LogP contribution is -2.67. The van der Waals surface area contributed by atoms with Crippen LogP contribution < -0.4 is 11.1 Å². The molecule has 0 aromatic carbocycles. The molecule has 7 N–H and O–H groups in total. The van der Waals surface area contributed by atoms with E-state index in [9.17, 15) is 34.8 Å². The van der Waals surface area contributed by atoms with E-state index in [0.717, 1.165) is 14.0 Å². The van der Waals surface area contributed by atoms with E-state index < -0.39 is 73.7 Å². The number of nitrogens with two attached hydrogens (primary N) is 1. The average Bonchev–Trinajstić information content (AvgIpc) is 2.59. The van der Waals surface area contributed by atoms with Gasteiger partial charge in [-0.1, -0.05) is 0 Å². The number of hydrogen-bond acceptors (Lipinski definition) is 11. The fourth-order valence-corrected chi connectivity index (χ4v) is 2.52. The second-order valence-electron chi connectivity index (χ2n) is 5.80. The van der Waals surface area contributed by atoms with Crippen LogP contribution in [0.1, 0.15) is 13.3 Å². The minimum Gasteiger partial charge on any atom is -0.465 e. The van der Waals surface area contributed by atoms with Crippen LogP contribution >= 0.6 is 0 Å². The molecule has 0 saturated carbocycles. The number of ether oxygens (including phenoxy) is 3. The summed E-state index contributed by atoms with van der Waals surface area (Å²) in [6.45, 7) is 0.0192. The number of aliphatic hydroxyl groups excluding tert-OH is 3. The first-order valence-corrected chi connectivity index (χ1v) is 7.71. The molecule has 0 aliphatic carbocycles. The van der Waals surface area contributed by atoms with Gasteiger partial charge in [0.1, 0.15) is 24.9 Å². The van der Waals surface area contributed by atoms with Crippen LogP contribution in [0.4, 0.5) is 0 Å². The topological polar surface area (TPSA) is 198 Å². The van der Waals surface area contributed by atoms with Gasteiger partial charge in [-0.25, -0.2) is 4.79 Å². The van der Waals surface area contributed by atoms with E-state index in [1.165, 1.54) is 0 Å². The fourth-order valence-electron chi connectivity index (χ4n) is 2.52. The zero-order chi connectivity index (χ0) is 20.1. The van der Waals surface area contributed by atoms with Crippen molar-refractivity contribution in [2.75, 3.05) is 20.3 Å². The van der Waals surface area contributed by atoms with E-state index in [-0.39, 0.29) is 0 Å². The number of aliphatic hydroxyl groups is 4. The lowest BCUT2D eigenvalue weighted by molar-refractivity contribution is -0.296. The number of rotatable bonds is 7. The molecule has 1 rings (SSSR count). The molecule has 1 heterocycles. The van der Waals surface area contributed by atoms with Gasteiger partial charge in [0.15, 0.2) is 0 Å². The highest BCUT2D eigenvalue weighted by atomic mass is 16.7. The van der Waals surface area contributed by atoms with E-state index in [2.05, 4.69) is 14.8 Å². The van der Waals surface area contributed by atoms with Crippen molar-refractivity contribution in [2.24, 2.45) is 5.73 Å². The van der Waals surface area contributed by atoms with Crippen LogP contribution in [0.15, 0.2) is 0 Å². The van der Waals surface area contributed by atoms with Crippen molar-refractivity contribution in [3.8, 4) is 0 Å². The normalized spacial score (nSPS) is 30.8. The van der Waals surface area contributed by atoms with Gasteiger partial charge in [-0.2, -0.15) is 0 Å². The summed E-state index contributed by atoms with van der Waals surface area (Å²) in [5.41, 5.74) is 5.05. The fraction of sp³-hybridized carbons (Fsp3) is 0.786. The number of hydrogen-bond donors (Lipinski definition) is 6. The average molecular weight is 380 g/mol. The molecule has 0 spiro atoms. The number of amides is 1. The van der Waals surface area contributed by atoms with Gasteiger partial charge in [0.2, 0.25) is 5.91 Å². The Bertz CT molecular complexity index is 530. The van der Waals surface area contributed by atoms with Crippen LogP contribution in [-0.4, -0.2) is 94.8 Å². The molecule has 6 atom stereocenters. The molecule has 150 valence electrons. The smallest absolute Gasteiger partial charge is 0.366 e. The first kappa shape index (κ1) is 22.2. The highest BCUT2D eigenvalue weighted by Crippen LogP contribution is 2.31. The van der Waals surface area contributed by atoms with Crippen molar-refractivity contribution in [3.63, 3.8) is 0 Å². The second kappa shape index (κ2) is 9.21. The van der Waals surface area contributed by atoms with Crippen LogP contribution in [-0.2, 0) is 28.6 Å². The molecule has 12 heteroatoms. The Balaban J connectivity index is 3.01. The molecule has 1 amide bonds. The molecule has 0 aromatic rings. The molecule has 1 fully saturated rings. The van der Waals surface area contributed by atoms with Gasteiger partial charge in [-0.3, -0.25) is 9.59 Å². The van der Waals surface area contributed by atoms with Crippen molar-refractivity contribution in [3.05, 3.63) is 0 Å². The van der Waals surface area contributed by atoms with Gasteiger partial charge in [0.05, 0.1) is 25.8 Å². The Morgan fingerprint density at radius 2 is 2.00 bits per heavy atom. The van der Waals surface area contributed by atoms with Gasteiger partial charge in [-0.05, 0) is 0 Å². The first-order valence-electron chi connectivity index (χ1n) is 7.71. The molecule has 1 aliphatic rings. The van der Waals surface area contributed by atoms with E-state index in [4.69, 9.17) is 10.5 Å². The van der Waals surface area contributed by atoms with Crippen LogP contribution in [0, 0.1) is 0 Å². The van der Waals surface area contributed by atoms with Crippen molar-refractivity contribution < 1.29 is 49.0 Å². The Morgan fingerprint density at radius 1 is 1.38 bits per heavy atom. The minimum atomic E-state index is -2.61. The summed E-state index contributed by atoms with van der Waals surface area (Å²) in [4.78, 5) is 34.1. The number of carbonyl (C=O) groups excluding carboxylic acids is 3. The largest absolute Gasteiger partial charge is 0.465 e.